The van der Waals surface area contributed by atoms with Crippen LogP contribution in [0.25, 0.3) is 0 Å². The molecule has 0 aliphatic heterocycles. The first-order valence-corrected chi connectivity index (χ1v) is 16.7. The van der Waals surface area contributed by atoms with Gasteiger partial charge in [-0.1, -0.05) is 110 Å². The predicted molar refractivity (Wildman–Crippen MR) is 171 cm³/mol. The summed E-state index contributed by atoms with van der Waals surface area (Å²) in [7, 11) is -2.71. The maximum atomic E-state index is 13.0. The molecule has 0 aliphatic carbocycles. The average Bonchev–Trinajstić information content (AvgIpc) is 2.85. The largest absolute Gasteiger partial charge is 0.457 e. The summed E-state index contributed by atoms with van der Waals surface area (Å²) < 4.78 is 39.8. The number of hydrogen-bond acceptors (Lipinski definition) is 8. The topological polar surface area (TPSA) is 116 Å². The Morgan fingerprint density at radius 3 is 1.51 bits per heavy atom. The standard InChI is InChI=1S/C23H44O7S.C6H14.C2H6.CH4O/c1-12-16(3)19(30-31(26,27)13-2)17(4)29-18(24)14-28-20(25)23(11,22(8,9)10)15-21(5,6)7;1-5-6(2,3)4;2*1-2/h16-17,19H,12-15H2,1-11H3;5H2,1-4H3;1-2H3;2H,1H3. The highest BCUT2D eigenvalue weighted by Crippen LogP contribution is 2.47. The first-order chi connectivity index (χ1) is 18.4. The zero-order valence-corrected chi connectivity index (χ0v) is 30.8. The lowest BCUT2D eigenvalue weighted by molar-refractivity contribution is -0.175. The Labute approximate surface area is 254 Å². The van der Waals surface area contributed by atoms with E-state index in [1.54, 1.807) is 6.92 Å². The van der Waals surface area contributed by atoms with E-state index in [9.17, 15) is 18.0 Å². The molecule has 0 heterocycles. The van der Waals surface area contributed by atoms with E-state index < -0.39 is 46.3 Å². The highest BCUT2D eigenvalue weighted by atomic mass is 32.2. The molecule has 4 unspecified atom stereocenters. The van der Waals surface area contributed by atoms with E-state index in [1.165, 1.54) is 13.3 Å². The third-order valence-electron chi connectivity index (χ3n) is 6.97. The van der Waals surface area contributed by atoms with E-state index >= 15 is 0 Å². The Morgan fingerprint density at radius 2 is 1.22 bits per heavy atom. The molecule has 0 aromatic rings. The monoisotopic (exact) mass is 612 g/mol. The molecule has 8 nitrogen and oxygen atoms in total. The molecule has 0 aliphatic rings. The normalized spacial score (nSPS) is 15.6. The van der Waals surface area contributed by atoms with Crippen molar-refractivity contribution in [2.24, 2.45) is 27.6 Å². The van der Waals surface area contributed by atoms with Crippen molar-refractivity contribution in [2.75, 3.05) is 19.5 Å². The number of hydrogen-bond donors (Lipinski definition) is 1. The summed E-state index contributed by atoms with van der Waals surface area (Å²) in [5.41, 5.74) is -0.741. The maximum Gasteiger partial charge on any atom is 0.344 e. The van der Waals surface area contributed by atoms with Gasteiger partial charge in [0.05, 0.1) is 11.2 Å². The lowest BCUT2D eigenvalue weighted by Crippen LogP contribution is -2.45. The van der Waals surface area contributed by atoms with Crippen molar-refractivity contribution in [3.8, 4) is 0 Å². The quantitative estimate of drug-likeness (QED) is 0.185. The molecule has 0 fully saturated rings. The van der Waals surface area contributed by atoms with Crippen LogP contribution in [-0.2, 0) is 33.4 Å². The van der Waals surface area contributed by atoms with Crippen molar-refractivity contribution in [1.29, 1.82) is 0 Å². The average molecular weight is 613 g/mol. The molecule has 9 heteroatoms. The summed E-state index contributed by atoms with van der Waals surface area (Å²) in [6, 6.07) is 0. The van der Waals surface area contributed by atoms with E-state index in [2.05, 4.69) is 48.5 Å². The van der Waals surface area contributed by atoms with Crippen LogP contribution in [0.5, 0.6) is 0 Å². The van der Waals surface area contributed by atoms with Crippen LogP contribution in [0, 0.1) is 27.6 Å². The van der Waals surface area contributed by atoms with Gasteiger partial charge in [-0.05, 0) is 49.4 Å². The van der Waals surface area contributed by atoms with Gasteiger partial charge in [-0.2, -0.15) is 8.42 Å². The zero-order chi connectivity index (χ0) is 34.0. The second kappa shape index (κ2) is 20.7. The summed E-state index contributed by atoms with van der Waals surface area (Å²) in [6.45, 7) is 33.2. The third-order valence-corrected chi connectivity index (χ3v) is 8.19. The summed E-state index contributed by atoms with van der Waals surface area (Å²) >= 11 is 0. The van der Waals surface area contributed by atoms with Crippen molar-refractivity contribution >= 4 is 22.1 Å². The lowest BCUT2D eigenvalue weighted by Gasteiger charge is -2.43. The van der Waals surface area contributed by atoms with Crippen LogP contribution in [0.15, 0.2) is 0 Å². The van der Waals surface area contributed by atoms with E-state index in [0.717, 1.165) is 7.11 Å². The predicted octanol–water partition coefficient (Wildman–Crippen LogP) is 7.81. The van der Waals surface area contributed by atoms with Crippen molar-refractivity contribution in [1.82, 2.24) is 0 Å². The second-order valence-electron chi connectivity index (χ2n) is 13.8. The van der Waals surface area contributed by atoms with E-state index in [0.29, 0.717) is 18.3 Å². The molecule has 250 valence electrons. The molecule has 1 N–H and O–H groups in total. The fourth-order valence-electron chi connectivity index (χ4n) is 3.40. The van der Waals surface area contributed by atoms with E-state index in [4.69, 9.17) is 18.8 Å². The molecule has 41 heavy (non-hydrogen) atoms. The first kappa shape index (κ1) is 46.8. The Balaban J connectivity index is -0.000000591. The number of esters is 2. The van der Waals surface area contributed by atoms with Crippen LogP contribution in [0.1, 0.15) is 137 Å². The molecule has 4 atom stereocenters. The van der Waals surface area contributed by atoms with Crippen molar-refractivity contribution in [3.05, 3.63) is 0 Å². The van der Waals surface area contributed by atoms with Crippen LogP contribution in [0.2, 0.25) is 0 Å². The Kier molecular flexibility index (Phi) is 23.6. The molecule has 0 bridgehead atoms. The third kappa shape index (κ3) is 21.2. The van der Waals surface area contributed by atoms with Gasteiger partial charge in [0.2, 0.25) is 0 Å². The van der Waals surface area contributed by atoms with E-state index in [-0.39, 0.29) is 22.5 Å². The number of aliphatic hydroxyl groups excluding tert-OH is 1. The molecule has 0 saturated heterocycles. The fraction of sp³-hybridized carbons (Fsp3) is 0.938. The van der Waals surface area contributed by atoms with Crippen LogP contribution in [0.3, 0.4) is 0 Å². The van der Waals surface area contributed by atoms with Crippen LogP contribution in [0.4, 0.5) is 0 Å². The van der Waals surface area contributed by atoms with Gasteiger partial charge in [-0.3, -0.25) is 8.98 Å². The van der Waals surface area contributed by atoms with Gasteiger partial charge in [-0.25, -0.2) is 4.79 Å². The highest BCUT2D eigenvalue weighted by Gasteiger charge is 2.48. The highest BCUT2D eigenvalue weighted by molar-refractivity contribution is 7.86. The van der Waals surface area contributed by atoms with Crippen LogP contribution < -0.4 is 0 Å². The summed E-state index contributed by atoms with van der Waals surface area (Å²) in [5, 5.41) is 7.00. The molecule has 0 aromatic carbocycles. The Bertz CT molecular complexity index is 801. The van der Waals surface area contributed by atoms with Gasteiger partial charge < -0.3 is 14.6 Å². The van der Waals surface area contributed by atoms with Crippen molar-refractivity contribution in [3.63, 3.8) is 0 Å². The van der Waals surface area contributed by atoms with E-state index in [1.807, 2.05) is 55.4 Å². The van der Waals surface area contributed by atoms with Gasteiger partial charge in [-0.15, -0.1) is 0 Å². The molecule has 0 saturated carbocycles. The number of carbonyl (C=O) groups excluding carboxylic acids is 2. The zero-order valence-electron chi connectivity index (χ0n) is 30.0. The number of carbonyl (C=O) groups is 2. The number of ether oxygens (including phenoxy) is 2. The minimum atomic E-state index is -3.71. The summed E-state index contributed by atoms with van der Waals surface area (Å²) in [6.07, 6.45) is 0.887. The van der Waals surface area contributed by atoms with Gasteiger partial charge in [0, 0.05) is 7.11 Å². The minimum Gasteiger partial charge on any atom is -0.457 e. The molecule has 0 spiro atoms. The van der Waals surface area contributed by atoms with Gasteiger partial charge in [0.25, 0.3) is 10.1 Å². The molecule has 0 radical (unpaired) electrons. The molecule has 0 aromatic heterocycles. The Morgan fingerprint density at radius 1 is 0.805 bits per heavy atom. The molecule has 0 rings (SSSR count). The number of aliphatic hydroxyl groups is 1. The SMILES string of the molecule is CC.CCC(C)(C)C.CCC(C)C(OS(=O)(=O)CC)C(C)OC(=O)COC(=O)C(C)(CC(C)(C)C)C(C)(C)C.CO. The minimum absolute atomic E-state index is 0.109. The summed E-state index contributed by atoms with van der Waals surface area (Å²) in [4.78, 5) is 25.3. The van der Waals surface area contributed by atoms with Gasteiger partial charge >= 0.3 is 11.9 Å². The Hall–Kier alpha value is -1.19. The summed E-state index contributed by atoms with van der Waals surface area (Å²) in [5.74, 6) is -1.51. The second-order valence-corrected chi connectivity index (χ2v) is 15.7. The van der Waals surface area contributed by atoms with Gasteiger partial charge in [0.15, 0.2) is 6.61 Å². The molecule has 0 amide bonds. The first-order valence-electron chi connectivity index (χ1n) is 15.1. The van der Waals surface area contributed by atoms with Crippen LogP contribution in [-0.4, -0.2) is 57.1 Å². The van der Waals surface area contributed by atoms with Crippen molar-refractivity contribution < 1.29 is 36.8 Å². The van der Waals surface area contributed by atoms with Gasteiger partial charge in [0.1, 0.15) is 12.2 Å². The number of rotatable bonds is 11. The fourth-order valence-corrected chi connectivity index (χ4v) is 4.22. The smallest absolute Gasteiger partial charge is 0.344 e. The lowest BCUT2D eigenvalue weighted by atomic mass is 9.61. The van der Waals surface area contributed by atoms with Crippen molar-refractivity contribution in [2.45, 2.75) is 149 Å². The molecular formula is C32H68O8S. The van der Waals surface area contributed by atoms with Crippen LogP contribution >= 0.6 is 0 Å². The maximum absolute atomic E-state index is 13.0. The molecular weight excluding hydrogens is 544 g/mol.